The van der Waals surface area contributed by atoms with Gasteiger partial charge in [0.1, 0.15) is 0 Å². The van der Waals surface area contributed by atoms with Crippen molar-refractivity contribution in [3.63, 3.8) is 0 Å². The van der Waals surface area contributed by atoms with Gasteiger partial charge >= 0.3 is 0 Å². The van der Waals surface area contributed by atoms with Crippen LogP contribution in [-0.4, -0.2) is 36.5 Å². The highest BCUT2D eigenvalue weighted by Gasteiger charge is 2.05. The average molecular weight is 389 g/mol. The van der Waals surface area contributed by atoms with E-state index in [0.717, 1.165) is 28.4 Å². The summed E-state index contributed by atoms with van der Waals surface area (Å²) in [5, 5.41) is 35.1. The van der Waals surface area contributed by atoms with Gasteiger partial charge in [0.05, 0.1) is 36.0 Å². The normalized spacial score (nSPS) is 11.4. The number of aliphatic hydroxyl groups is 2. The van der Waals surface area contributed by atoms with E-state index in [9.17, 15) is 0 Å². The Morgan fingerprint density at radius 2 is 0.897 bits per heavy atom. The summed E-state index contributed by atoms with van der Waals surface area (Å²) < 4.78 is 0. The lowest BCUT2D eigenvalue weighted by molar-refractivity contribution is 0.281. The van der Waals surface area contributed by atoms with Crippen molar-refractivity contribution < 1.29 is 10.2 Å². The standard InChI is InChI=1S/C22H23N5O2/c28-16-14-27(15-17-29)22-12-10-21(11-13-22)26-25-20-8-6-19(7-9-20)24-23-18-4-2-1-3-5-18/h1-13,28-29H,14-17H2. The summed E-state index contributed by atoms with van der Waals surface area (Å²) in [5.41, 5.74) is 3.89. The van der Waals surface area contributed by atoms with Gasteiger partial charge in [-0.05, 0) is 60.7 Å². The third kappa shape index (κ3) is 6.31. The van der Waals surface area contributed by atoms with Gasteiger partial charge in [-0.2, -0.15) is 20.5 Å². The van der Waals surface area contributed by atoms with E-state index >= 15 is 0 Å². The smallest absolute Gasteiger partial charge is 0.0858 e. The number of hydrogen-bond donors (Lipinski definition) is 2. The van der Waals surface area contributed by atoms with Gasteiger partial charge in [-0.3, -0.25) is 0 Å². The fourth-order valence-corrected chi connectivity index (χ4v) is 2.65. The lowest BCUT2D eigenvalue weighted by Gasteiger charge is -2.22. The van der Waals surface area contributed by atoms with Crippen molar-refractivity contribution in [2.24, 2.45) is 20.5 Å². The lowest BCUT2D eigenvalue weighted by Crippen LogP contribution is -2.29. The van der Waals surface area contributed by atoms with Crippen molar-refractivity contribution in [1.82, 2.24) is 0 Å². The van der Waals surface area contributed by atoms with Crippen LogP contribution in [0, 0.1) is 0 Å². The number of hydrogen-bond acceptors (Lipinski definition) is 7. The quantitative estimate of drug-likeness (QED) is 0.486. The van der Waals surface area contributed by atoms with E-state index in [1.165, 1.54) is 0 Å². The Bertz CT molecular complexity index is 920. The van der Waals surface area contributed by atoms with Crippen molar-refractivity contribution in [3.8, 4) is 0 Å². The summed E-state index contributed by atoms with van der Waals surface area (Å²) in [7, 11) is 0. The van der Waals surface area contributed by atoms with Gasteiger partial charge in [-0.25, -0.2) is 0 Å². The fraction of sp³-hybridized carbons (Fsp3) is 0.182. The molecule has 0 bridgehead atoms. The first-order valence-electron chi connectivity index (χ1n) is 9.34. The molecule has 0 fully saturated rings. The van der Waals surface area contributed by atoms with Gasteiger partial charge in [0.25, 0.3) is 0 Å². The number of nitrogens with zero attached hydrogens (tertiary/aromatic N) is 5. The second-order valence-electron chi connectivity index (χ2n) is 6.20. The lowest BCUT2D eigenvalue weighted by atomic mass is 10.2. The van der Waals surface area contributed by atoms with E-state index in [4.69, 9.17) is 10.2 Å². The molecule has 0 atom stereocenters. The molecule has 0 aliphatic heterocycles. The Morgan fingerprint density at radius 1 is 0.517 bits per heavy atom. The van der Waals surface area contributed by atoms with Crippen LogP contribution in [0.5, 0.6) is 0 Å². The number of rotatable bonds is 9. The molecule has 0 unspecified atom stereocenters. The monoisotopic (exact) mass is 389 g/mol. The summed E-state index contributed by atoms with van der Waals surface area (Å²) in [6, 6.07) is 24.4. The van der Waals surface area contributed by atoms with Crippen LogP contribution >= 0.6 is 0 Å². The molecule has 0 aromatic heterocycles. The summed E-state index contributed by atoms with van der Waals surface area (Å²) in [6.45, 7) is 0.996. The topological polar surface area (TPSA) is 93.1 Å². The zero-order chi connectivity index (χ0) is 20.3. The van der Waals surface area contributed by atoms with Gasteiger partial charge in [0.15, 0.2) is 0 Å². The molecule has 0 aliphatic rings. The molecular weight excluding hydrogens is 366 g/mol. The molecule has 7 heteroatoms. The molecule has 0 spiro atoms. The zero-order valence-corrected chi connectivity index (χ0v) is 16.0. The van der Waals surface area contributed by atoms with Crippen LogP contribution in [0.1, 0.15) is 0 Å². The number of azo groups is 2. The first kappa shape index (κ1) is 20.3. The Hall–Kier alpha value is -3.42. The van der Waals surface area contributed by atoms with E-state index < -0.39 is 0 Å². The van der Waals surface area contributed by atoms with Crippen molar-refractivity contribution in [1.29, 1.82) is 0 Å². The third-order valence-electron chi connectivity index (χ3n) is 4.12. The van der Waals surface area contributed by atoms with Gasteiger partial charge in [-0.15, -0.1) is 0 Å². The van der Waals surface area contributed by atoms with Crippen LogP contribution in [0.2, 0.25) is 0 Å². The van der Waals surface area contributed by atoms with Crippen LogP contribution in [0.15, 0.2) is 99.3 Å². The first-order valence-corrected chi connectivity index (χ1v) is 9.34. The van der Waals surface area contributed by atoms with Gasteiger partial charge in [-0.1, -0.05) is 18.2 Å². The summed E-state index contributed by atoms with van der Waals surface area (Å²) >= 11 is 0. The highest BCUT2D eigenvalue weighted by molar-refractivity contribution is 5.53. The summed E-state index contributed by atoms with van der Waals surface area (Å²) in [4.78, 5) is 1.91. The van der Waals surface area contributed by atoms with E-state index in [-0.39, 0.29) is 13.2 Å². The molecule has 7 nitrogen and oxygen atoms in total. The highest BCUT2D eigenvalue weighted by Crippen LogP contribution is 2.24. The molecule has 0 radical (unpaired) electrons. The Morgan fingerprint density at radius 3 is 1.31 bits per heavy atom. The summed E-state index contributed by atoms with van der Waals surface area (Å²) in [5.74, 6) is 0. The predicted molar refractivity (Wildman–Crippen MR) is 114 cm³/mol. The number of benzene rings is 3. The second-order valence-corrected chi connectivity index (χ2v) is 6.20. The minimum Gasteiger partial charge on any atom is -0.395 e. The first-order chi connectivity index (χ1) is 14.3. The van der Waals surface area contributed by atoms with E-state index in [0.29, 0.717) is 13.1 Å². The second kappa shape index (κ2) is 10.8. The molecular formula is C22H23N5O2. The van der Waals surface area contributed by atoms with E-state index in [2.05, 4.69) is 20.5 Å². The van der Waals surface area contributed by atoms with Crippen LogP contribution < -0.4 is 4.90 Å². The minimum absolute atomic E-state index is 0.0301. The molecule has 0 amide bonds. The zero-order valence-electron chi connectivity index (χ0n) is 16.0. The van der Waals surface area contributed by atoms with Crippen molar-refractivity contribution in [2.75, 3.05) is 31.2 Å². The SMILES string of the molecule is OCCN(CCO)c1ccc(N=Nc2ccc(N=Nc3ccccc3)cc2)cc1. The van der Waals surface area contributed by atoms with Crippen molar-refractivity contribution in [3.05, 3.63) is 78.9 Å². The largest absolute Gasteiger partial charge is 0.395 e. The Kier molecular flexibility index (Phi) is 7.56. The molecule has 3 rings (SSSR count). The average Bonchev–Trinajstić information content (AvgIpc) is 2.78. The van der Waals surface area contributed by atoms with Crippen LogP contribution in [-0.2, 0) is 0 Å². The van der Waals surface area contributed by atoms with Gasteiger partial charge in [0, 0.05) is 18.8 Å². The minimum atomic E-state index is 0.0301. The maximum atomic E-state index is 9.13. The molecule has 3 aromatic carbocycles. The molecule has 3 aromatic rings. The number of aliphatic hydroxyl groups excluding tert-OH is 2. The molecule has 0 saturated heterocycles. The molecule has 0 saturated carbocycles. The maximum Gasteiger partial charge on any atom is 0.0858 e. The molecule has 148 valence electrons. The van der Waals surface area contributed by atoms with Crippen LogP contribution in [0.25, 0.3) is 0 Å². The molecule has 2 N–H and O–H groups in total. The van der Waals surface area contributed by atoms with E-state index in [1.54, 1.807) is 0 Å². The number of anilines is 1. The summed E-state index contributed by atoms with van der Waals surface area (Å²) in [6.07, 6.45) is 0. The highest BCUT2D eigenvalue weighted by atomic mass is 16.3. The van der Waals surface area contributed by atoms with Crippen molar-refractivity contribution in [2.45, 2.75) is 0 Å². The van der Waals surface area contributed by atoms with Crippen LogP contribution in [0.3, 0.4) is 0 Å². The Labute approximate surface area is 169 Å². The third-order valence-corrected chi connectivity index (χ3v) is 4.12. The van der Waals surface area contributed by atoms with Crippen LogP contribution in [0.4, 0.5) is 28.4 Å². The molecule has 0 heterocycles. The Balaban J connectivity index is 1.61. The molecule has 0 aliphatic carbocycles. The van der Waals surface area contributed by atoms with E-state index in [1.807, 2.05) is 83.8 Å². The fourth-order valence-electron chi connectivity index (χ4n) is 2.65. The van der Waals surface area contributed by atoms with Gasteiger partial charge in [0.2, 0.25) is 0 Å². The van der Waals surface area contributed by atoms with Crippen molar-refractivity contribution >= 4 is 28.4 Å². The molecule has 29 heavy (non-hydrogen) atoms. The predicted octanol–water partition coefficient (Wildman–Crippen LogP) is 5.31. The van der Waals surface area contributed by atoms with Gasteiger partial charge < -0.3 is 15.1 Å². The maximum absolute atomic E-state index is 9.13.